The van der Waals surface area contributed by atoms with E-state index in [0.29, 0.717) is 69.8 Å². The summed E-state index contributed by atoms with van der Waals surface area (Å²) in [6, 6.07) is 6.04. The largest absolute Gasteiger partial charge is 0.496 e. The zero-order valence-electron chi connectivity index (χ0n) is 40.2. The molecule has 2 aromatic rings. The highest BCUT2D eigenvalue weighted by Crippen LogP contribution is 2.70. The summed E-state index contributed by atoms with van der Waals surface area (Å²) in [5.41, 5.74) is -2.90. The third kappa shape index (κ3) is 5.33. The zero-order chi connectivity index (χ0) is 48.0. The Bertz CT molecular complexity index is 2360. The van der Waals surface area contributed by atoms with Gasteiger partial charge in [0.2, 0.25) is 11.2 Å². The van der Waals surface area contributed by atoms with Gasteiger partial charge in [-0.05, 0) is 73.2 Å². The Labute approximate surface area is 391 Å². The molecule has 16 heteroatoms. The van der Waals surface area contributed by atoms with Crippen LogP contribution < -0.4 is 19.3 Å². The summed E-state index contributed by atoms with van der Waals surface area (Å²) < 4.78 is 35.6. The van der Waals surface area contributed by atoms with Gasteiger partial charge in [0.15, 0.2) is 12.2 Å². The molecule has 0 radical (unpaired) electrons. The van der Waals surface area contributed by atoms with E-state index in [9.17, 15) is 29.4 Å². The Kier molecular flexibility index (Phi) is 10.3. The van der Waals surface area contributed by atoms with E-state index >= 15 is 0 Å². The molecule has 8 aliphatic rings. The van der Waals surface area contributed by atoms with Crippen molar-refractivity contribution in [2.75, 3.05) is 78.5 Å². The van der Waals surface area contributed by atoms with Crippen molar-refractivity contribution in [3.63, 3.8) is 0 Å². The molecule has 10 rings (SSSR count). The molecule has 0 amide bonds. The van der Waals surface area contributed by atoms with Crippen LogP contribution in [0.25, 0.3) is 0 Å². The second kappa shape index (κ2) is 15.2. The normalized spacial score (nSPS) is 38.3. The Balaban J connectivity index is 1.16. The van der Waals surface area contributed by atoms with Gasteiger partial charge in [0.05, 0.1) is 40.5 Å². The first kappa shape index (κ1) is 45.6. The second-order valence-corrected chi connectivity index (χ2v) is 20.3. The number of likely N-dealkylation sites (N-methyl/N-ethyl adjacent to an activating group) is 2. The van der Waals surface area contributed by atoms with E-state index < -0.39 is 81.0 Å². The fourth-order valence-electron chi connectivity index (χ4n) is 16.1. The van der Waals surface area contributed by atoms with Gasteiger partial charge in [-0.2, -0.15) is 0 Å². The summed E-state index contributed by atoms with van der Waals surface area (Å²) in [7, 11) is 9.51. The minimum atomic E-state index is -2.27. The van der Waals surface area contributed by atoms with Crippen LogP contribution in [-0.4, -0.2) is 160 Å². The number of fused-ring (bicyclic) bond motifs is 2. The van der Waals surface area contributed by atoms with Gasteiger partial charge < -0.3 is 48.4 Å². The number of methoxy groups -OCH3 is 4. The molecule has 6 heterocycles. The lowest BCUT2D eigenvalue weighted by molar-refractivity contribution is -0.229. The van der Waals surface area contributed by atoms with Gasteiger partial charge in [0.25, 0.3) is 0 Å². The maximum Gasteiger partial charge on any atom is 0.344 e. The number of esters is 4. The van der Waals surface area contributed by atoms with E-state index in [2.05, 4.69) is 46.2 Å². The topological polar surface area (TPSA) is 177 Å². The summed E-state index contributed by atoms with van der Waals surface area (Å²) in [5, 5.41) is 26.5. The summed E-state index contributed by atoms with van der Waals surface area (Å²) >= 11 is 0. The maximum atomic E-state index is 14.3. The molecule has 0 bridgehead atoms. The Morgan fingerprint density at radius 2 is 1.01 bits per heavy atom. The molecular formula is C51H64N4O12. The molecule has 2 saturated heterocycles. The van der Waals surface area contributed by atoms with Crippen LogP contribution in [0.1, 0.15) is 75.6 Å². The van der Waals surface area contributed by atoms with E-state index in [4.69, 9.17) is 28.4 Å². The first-order valence-electron chi connectivity index (χ1n) is 23.6. The first-order valence-corrected chi connectivity index (χ1v) is 23.6. The fourth-order valence-corrected chi connectivity index (χ4v) is 16.1. The van der Waals surface area contributed by atoms with Crippen molar-refractivity contribution >= 4 is 35.3 Å². The number of rotatable bonds is 10. The monoisotopic (exact) mass is 924 g/mol. The van der Waals surface area contributed by atoms with Crippen LogP contribution in [0.5, 0.6) is 11.5 Å². The van der Waals surface area contributed by atoms with Crippen molar-refractivity contribution < 1.29 is 57.8 Å². The number of carbonyl (C=O) groups excluding carboxylic acids is 4. The molecule has 67 heavy (non-hydrogen) atoms. The van der Waals surface area contributed by atoms with E-state index in [1.807, 2.05) is 49.9 Å². The lowest BCUT2D eigenvalue weighted by Gasteiger charge is -2.63. The Hall–Kier alpha value is -5.16. The van der Waals surface area contributed by atoms with Gasteiger partial charge in [0.1, 0.15) is 11.5 Å². The van der Waals surface area contributed by atoms with Gasteiger partial charge in [-0.15, -0.1) is 0 Å². The van der Waals surface area contributed by atoms with Crippen molar-refractivity contribution in [1.82, 2.24) is 9.80 Å². The van der Waals surface area contributed by atoms with Crippen molar-refractivity contribution in [2.24, 2.45) is 10.8 Å². The summed E-state index contributed by atoms with van der Waals surface area (Å²) in [6.07, 6.45) is 8.25. The molecule has 360 valence electrons. The van der Waals surface area contributed by atoms with Gasteiger partial charge >= 0.3 is 23.9 Å². The summed E-state index contributed by atoms with van der Waals surface area (Å²) in [6.45, 7) is 9.34. The highest BCUT2D eigenvalue weighted by atomic mass is 16.6. The second-order valence-electron chi connectivity index (χ2n) is 20.3. The molecule has 2 spiro atoms. The number of ether oxygens (including phenoxy) is 6. The van der Waals surface area contributed by atoms with Crippen LogP contribution in [0.4, 0.5) is 11.4 Å². The van der Waals surface area contributed by atoms with Crippen LogP contribution in [0, 0.1) is 10.8 Å². The minimum absolute atomic E-state index is 0.260. The van der Waals surface area contributed by atoms with Crippen LogP contribution >= 0.6 is 0 Å². The van der Waals surface area contributed by atoms with Crippen LogP contribution in [-0.2, 0) is 55.4 Å². The van der Waals surface area contributed by atoms with Gasteiger partial charge in [-0.3, -0.25) is 19.4 Å². The first-order chi connectivity index (χ1) is 31.9. The number of carbonyl (C=O) groups is 4. The average Bonchev–Trinajstić information content (AvgIpc) is 4.04. The van der Waals surface area contributed by atoms with Crippen molar-refractivity contribution in [2.45, 2.75) is 118 Å². The molecule has 16 nitrogen and oxygen atoms in total. The maximum absolute atomic E-state index is 14.3. The van der Waals surface area contributed by atoms with Crippen molar-refractivity contribution in [3.8, 4) is 11.5 Å². The van der Waals surface area contributed by atoms with Crippen molar-refractivity contribution in [3.05, 3.63) is 70.8 Å². The lowest BCUT2D eigenvalue weighted by Crippen LogP contribution is -2.81. The number of benzene rings is 2. The van der Waals surface area contributed by atoms with Gasteiger partial charge in [-0.25, -0.2) is 9.59 Å². The number of hydrogen-bond donors (Lipinski definition) is 2. The molecule has 0 aromatic heterocycles. The molecule has 2 aliphatic carbocycles. The molecule has 6 aliphatic heterocycles. The molecule has 2 N–H and O–H groups in total. The van der Waals surface area contributed by atoms with Crippen LogP contribution in [0.3, 0.4) is 0 Å². The standard InChI is InChI=1S/C51H64N4O12/c1-11-46-15-13-19-54-21-17-48(38(46)54)32-24-30(36(62-7)26-34(32)52(5)40(48)50(60,44(58)64-9)42(46)66-28(3)56)23-31-25-33-35(27-37(31)63-8)53(6)41-49(33)18-22-55-20-14-16-47(12-2,39(49)55)43(67-29(4)57)51(41,61)45(59)65-10/h13-16,24-27,38-43,60-61H,11-12,17-23H2,1-10H3/t38-,39+,40-,41-,42+,43+,46+,47+,48-,49-,50+,51+/m0/s1. The predicted octanol–water partition coefficient (Wildman–Crippen LogP) is 3.19. The zero-order valence-corrected chi connectivity index (χ0v) is 40.2. The third-order valence-electron chi connectivity index (χ3n) is 18.0. The Morgan fingerprint density at radius 1 is 0.627 bits per heavy atom. The average molecular weight is 925 g/mol. The van der Waals surface area contributed by atoms with E-state index in [1.165, 1.54) is 28.1 Å². The molecular weight excluding hydrogens is 861 g/mol. The molecule has 0 unspecified atom stereocenters. The lowest BCUT2D eigenvalue weighted by atomic mass is 9.47. The van der Waals surface area contributed by atoms with E-state index in [0.717, 1.165) is 33.6 Å². The highest BCUT2D eigenvalue weighted by molar-refractivity contribution is 5.88. The SMILES string of the molecule is CC[C@]12C=CCN3CC[C@]4(c5cc(Cc6cc7c(cc6OC)N(C)[C@@H]6[C@](O)(C(=O)OC)[C@H](OC(C)=O)[C@]8(CC)C=CCN9CC[C@@]76[C@@H]98)c(OC)cc5N(C)[C@@H]4[C@](O)(C(=O)OC)[C@@H]1OC(C)=O)[C@H]32. The summed E-state index contributed by atoms with van der Waals surface area (Å²) in [5.74, 6) is -1.75. The number of aliphatic hydroxyl groups is 2. The summed E-state index contributed by atoms with van der Waals surface area (Å²) in [4.78, 5) is 63.4. The number of nitrogens with zero attached hydrogens (tertiary/aromatic N) is 4. The van der Waals surface area contributed by atoms with E-state index in [-0.39, 0.29) is 12.1 Å². The van der Waals surface area contributed by atoms with Gasteiger partial charge in [0, 0.05) is 105 Å². The van der Waals surface area contributed by atoms with Crippen LogP contribution in [0.2, 0.25) is 0 Å². The smallest absolute Gasteiger partial charge is 0.344 e. The van der Waals surface area contributed by atoms with Crippen LogP contribution in [0.15, 0.2) is 48.6 Å². The fraction of sp³-hybridized carbons (Fsp3) is 0.608. The predicted molar refractivity (Wildman–Crippen MR) is 245 cm³/mol. The molecule has 2 saturated carbocycles. The minimum Gasteiger partial charge on any atom is -0.496 e. The number of hydrogen-bond acceptors (Lipinski definition) is 16. The van der Waals surface area contributed by atoms with E-state index in [1.54, 1.807) is 14.2 Å². The number of anilines is 2. The quantitative estimate of drug-likeness (QED) is 0.202. The Morgan fingerprint density at radius 3 is 1.34 bits per heavy atom. The molecule has 12 atom stereocenters. The molecule has 4 fully saturated rings. The van der Waals surface area contributed by atoms with Crippen molar-refractivity contribution in [1.29, 1.82) is 0 Å². The third-order valence-corrected chi connectivity index (χ3v) is 18.0. The molecule has 2 aromatic carbocycles. The van der Waals surface area contributed by atoms with Gasteiger partial charge in [-0.1, -0.05) is 38.2 Å². The highest BCUT2D eigenvalue weighted by Gasteiger charge is 2.82.